The van der Waals surface area contributed by atoms with Gasteiger partial charge in [-0.25, -0.2) is 4.79 Å². The van der Waals surface area contributed by atoms with Crippen molar-refractivity contribution in [2.45, 2.75) is 26.5 Å². The molecule has 6 nitrogen and oxygen atoms in total. The lowest BCUT2D eigenvalue weighted by Gasteiger charge is -2.10. The highest BCUT2D eigenvalue weighted by Crippen LogP contribution is 2.17. The molecule has 0 unspecified atom stereocenters. The van der Waals surface area contributed by atoms with E-state index in [1.165, 1.54) is 6.08 Å². The number of hydrogen-bond acceptors (Lipinski definition) is 4. The normalized spacial score (nSPS) is 11.8. The number of amides is 1. The summed E-state index contributed by atoms with van der Waals surface area (Å²) in [5.41, 5.74) is 4.05. The number of ether oxygens (including phenoxy) is 2. The number of carbonyl (C=O) groups is 2. The van der Waals surface area contributed by atoms with Crippen LogP contribution in [-0.2, 0) is 33.8 Å². The van der Waals surface area contributed by atoms with Crippen LogP contribution in [0.4, 0.5) is 4.79 Å². The van der Waals surface area contributed by atoms with E-state index in [2.05, 4.69) is 29.0 Å². The van der Waals surface area contributed by atoms with Gasteiger partial charge in [-0.15, -0.1) is 0 Å². The quantitative estimate of drug-likeness (QED) is 0.446. The fraction of sp³-hybridized carbons (Fsp3) is 0.280. The number of H-pyrrole nitrogens is 1. The minimum absolute atomic E-state index is 0.0810. The van der Waals surface area contributed by atoms with Crippen molar-refractivity contribution in [3.05, 3.63) is 84.1 Å². The smallest absolute Gasteiger partial charge is 0.407 e. The Morgan fingerprint density at radius 3 is 2.61 bits per heavy atom. The van der Waals surface area contributed by atoms with Crippen molar-refractivity contribution < 1.29 is 19.1 Å². The van der Waals surface area contributed by atoms with Gasteiger partial charge in [0, 0.05) is 23.7 Å². The standard InChI is InChI=1S/C25H28N2O4/c1-3-12-31-25(29)26-15-19-8-10-20(11-9-19)16-30-17-24(28)18(2)13-22-14-21-6-4-5-7-23(21)27-22/h3-11,14,18,27H,1,12-13,15-17H2,2H3,(H,26,29)/t18-/m1/s1. The molecule has 0 aliphatic rings. The van der Waals surface area contributed by atoms with Crippen molar-refractivity contribution in [2.75, 3.05) is 13.2 Å². The van der Waals surface area contributed by atoms with E-state index in [0.717, 1.165) is 27.7 Å². The van der Waals surface area contributed by atoms with Crippen molar-refractivity contribution >= 4 is 22.8 Å². The number of Topliss-reactive ketones (excluding diaryl/α,β-unsaturated/α-hetero) is 1. The maximum absolute atomic E-state index is 12.4. The Morgan fingerprint density at radius 1 is 1.13 bits per heavy atom. The average Bonchev–Trinajstić information content (AvgIpc) is 3.19. The van der Waals surface area contributed by atoms with Crippen LogP contribution in [-0.4, -0.2) is 30.1 Å². The van der Waals surface area contributed by atoms with Gasteiger partial charge in [-0.3, -0.25) is 4.79 Å². The minimum Gasteiger partial charge on any atom is -0.445 e. The molecule has 1 aromatic heterocycles. The SMILES string of the molecule is C=CCOC(=O)NCc1ccc(COCC(=O)[C@H](C)Cc2cc3ccccc3[nH]2)cc1. The van der Waals surface area contributed by atoms with Crippen LogP contribution >= 0.6 is 0 Å². The van der Waals surface area contributed by atoms with Crippen LogP contribution in [0.3, 0.4) is 0 Å². The molecule has 0 aliphatic carbocycles. The first kappa shape index (κ1) is 22.3. The van der Waals surface area contributed by atoms with E-state index in [4.69, 9.17) is 9.47 Å². The molecular weight excluding hydrogens is 392 g/mol. The molecular formula is C25H28N2O4. The fourth-order valence-corrected chi connectivity index (χ4v) is 3.21. The Morgan fingerprint density at radius 2 is 1.87 bits per heavy atom. The second kappa shape index (κ2) is 11.1. The molecule has 0 aliphatic heterocycles. The second-order valence-electron chi connectivity index (χ2n) is 7.50. The third-order valence-electron chi connectivity index (χ3n) is 4.97. The summed E-state index contributed by atoms with van der Waals surface area (Å²) >= 11 is 0. The summed E-state index contributed by atoms with van der Waals surface area (Å²) in [6.45, 7) is 6.42. The van der Waals surface area contributed by atoms with Gasteiger partial charge in [0.05, 0.1) is 6.61 Å². The molecule has 0 spiro atoms. The molecule has 2 N–H and O–H groups in total. The number of carbonyl (C=O) groups excluding carboxylic acids is 2. The maximum atomic E-state index is 12.4. The predicted molar refractivity (Wildman–Crippen MR) is 121 cm³/mol. The lowest BCUT2D eigenvalue weighted by Crippen LogP contribution is -2.23. The number of fused-ring (bicyclic) bond motifs is 1. The Labute approximate surface area is 182 Å². The van der Waals surface area contributed by atoms with Crippen LogP contribution in [0.1, 0.15) is 23.7 Å². The third kappa shape index (κ3) is 6.83. The van der Waals surface area contributed by atoms with Crippen LogP contribution in [0.5, 0.6) is 0 Å². The number of para-hydroxylation sites is 1. The number of benzene rings is 2. The van der Waals surface area contributed by atoms with Gasteiger partial charge in [0.2, 0.25) is 0 Å². The van der Waals surface area contributed by atoms with Gasteiger partial charge < -0.3 is 19.8 Å². The van der Waals surface area contributed by atoms with Gasteiger partial charge in [-0.2, -0.15) is 0 Å². The van der Waals surface area contributed by atoms with Crippen molar-refractivity contribution in [2.24, 2.45) is 5.92 Å². The highest BCUT2D eigenvalue weighted by molar-refractivity contribution is 5.83. The van der Waals surface area contributed by atoms with Crippen LogP contribution in [0, 0.1) is 5.92 Å². The van der Waals surface area contributed by atoms with Crippen LogP contribution in [0.15, 0.2) is 67.3 Å². The van der Waals surface area contributed by atoms with E-state index in [0.29, 0.717) is 19.6 Å². The lowest BCUT2D eigenvalue weighted by molar-refractivity contribution is -0.127. The summed E-state index contributed by atoms with van der Waals surface area (Å²) in [6.07, 6.45) is 1.70. The molecule has 2 aromatic carbocycles. The minimum atomic E-state index is -0.479. The lowest BCUT2D eigenvalue weighted by atomic mass is 10.0. The van der Waals surface area contributed by atoms with Gasteiger partial charge in [0.25, 0.3) is 0 Å². The van der Waals surface area contributed by atoms with Crippen LogP contribution in [0.2, 0.25) is 0 Å². The third-order valence-corrected chi connectivity index (χ3v) is 4.97. The fourth-order valence-electron chi connectivity index (χ4n) is 3.21. The number of rotatable bonds is 11. The molecule has 0 saturated carbocycles. The molecule has 0 saturated heterocycles. The van der Waals surface area contributed by atoms with E-state index in [1.807, 2.05) is 49.4 Å². The molecule has 0 radical (unpaired) electrons. The number of nitrogens with one attached hydrogen (secondary N) is 2. The van der Waals surface area contributed by atoms with E-state index in [-0.39, 0.29) is 24.9 Å². The topological polar surface area (TPSA) is 80.4 Å². The zero-order chi connectivity index (χ0) is 22.1. The van der Waals surface area contributed by atoms with E-state index < -0.39 is 6.09 Å². The summed E-state index contributed by atoms with van der Waals surface area (Å²) < 4.78 is 10.5. The molecule has 1 amide bonds. The summed E-state index contributed by atoms with van der Waals surface area (Å²) in [7, 11) is 0. The van der Waals surface area contributed by atoms with E-state index in [9.17, 15) is 9.59 Å². The molecule has 0 bridgehead atoms. The van der Waals surface area contributed by atoms with Crippen molar-refractivity contribution in [3.8, 4) is 0 Å². The summed E-state index contributed by atoms with van der Waals surface area (Å²) in [5.74, 6) is -0.0418. The zero-order valence-electron chi connectivity index (χ0n) is 17.7. The Kier molecular flexibility index (Phi) is 8.01. The molecule has 31 heavy (non-hydrogen) atoms. The van der Waals surface area contributed by atoms with Crippen LogP contribution < -0.4 is 5.32 Å². The van der Waals surface area contributed by atoms with E-state index >= 15 is 0 Å². The molecule has 6 heteroatoms. The Bertz CT molecular complexity index is 990. The first-order chi connectivity index (χ1) is 15.0. The molecule has 162 valence electrons. The van der Waals surface area contributed by atoms with Crippen LogP contribution in [0.25, 0.3) is 10.9 Å². The number of alkyl carbamates (subject to hydrolysis) is 1. The molecule has 3 rings (SSSR count). The molecule has 1 atom stereocenters. The van der Waals surface area contributed by atoms with Gasteiger partial charge in [0.15, 0.2) is 5.78 Å². The highest BCUT2D eigenvalue weighted by Gasteiger charge is 2.15. The van der Waals surface area contributed by atoms with Crippen molar-refractivity contribution in [1.29, 1.82) is 0 Å². The summed E-state index contributed by atoms with van der Waals surface area (Å²) in [4.78, 5) is 27.2. The highest BCUT2D eigenvalue weighted by atomic mass is 16.5. The maximum Gasteiger partial charge on any atom is 0.407 e. The first-order valence-corrected chi connectivity index (χ1v) is 10.3. The molecule has 3 aromatic rings. The van der Waals surface area contributed by atoms with Gasteiger partial charge in [-0.05, 0) is 35.1 Å². The number of hydrogen-bond donors (Lipinski definition) is 2. The Balaban J connectivity index is 1.39. The van der Waals surface area contributed by atoms with E-state index in [1.54, 1.807) is 0 Å². The van der Waals surface area contributed by atoms with Crippen molar-refractivity contribution in [1.82, 2.24) is 10.3 Å². The number of aromatic nitrogens is 1. The average molecular weight is 421 g/mol. The second-order valence-corrected chi connectivity index (χ2v) is 7.50. The molecule has 1 heterocycles. The van der Waals surface area contributed by atoms with Gasteiger partial charge in [0.1, 0.15) is 13.2 Å². The number of aromatic amines is 1. The monoisotopic (exact) mass is 420 g/mol. The van der Waals surface area contributed by atoms with Crippen molar-refractivity contribution in [3.63, 3.8) is 0 Å². The molecule has 0 fully saturated rings. The summed E-state index contributed by atoms with van der Waals surface area (Å²) in [6, 6.07) is 17.8. The van der Waals surface area contributed by atoms with Gasteiger partial charge in [-0.1, -0.05) is 62.0 Å². The predicted octanol–water partition coefficient (Wildman–Crippen LogP) is 4.54. The van der Waals surface area contributed by atoms with Gasteiger partial charge >= 0.3 is 6.09 Å². The Hall–Kier alpha value is -3.38. The first-order valence-electron chi connectivity index (χ1n) is 10.3. The number of ketones is 1. The summed E-state index contributed by atoms with van der Waals surface area (Å²) in [5, 5.41) is 3.82. The zero-order valence-corrected chi connectivity index (χ0v) is 17.7. The largest absolute Gasteiger partial charge is 0.445 e.